The lowest BCUT2D eigenvalue weighted by molar-refractivity contribution is -0.145. The number of nitrogens with one attached hydrogen (secondary N) is 1. The molecule has 4 nitrogen and oxygen atoms in total. The zero-order valence-corrected chi connectivity index (χ0v) is 10.2. The van der Waals surface area contributed by atoms with Crippen LogP contribution in [0.4, 0.5) is 0 Å². The minimum atomic E-state index is -0.790. The van der Waals surface area contributed by atoms with Crippen LogP contribution >= 0.6 is 0 Å². The van der Waals surface area contributed by atoms with Crippen LogP contribution in [0.2, 0.25) is 0 Å². The van der Waals surface area contributed by atoms with Gasteiger partial charge in [0.25, 0.3) is 0 Å². The number of benzene rings is 1. The number of terminal acetylenes is 1. The molecule has 0 aliphatic rings. The van der Waals surface area contributed by atoms with Gasteiger partial charge in [0, 0.05) is 12.8 Å². The van der Waals surface area contributed by atoms with Crippen molar-refractivity contribution in [1.29, 1.82) is 0 Å². The summed E-state index contributed by atoms with van der Waals surface area (Å²) in [6, 6.07) is 8.13. The van der Waals surface area contributed by atoms with Crippen LogP contribution in [-0.4, -0.2) is 19.0 Å². The normalized spacial score (nSPS) is 11.1. The number of hydrogen-bond acceptors (Lipinski definition) is 3. The molecule has 0 radical (unpaired) electrons. The lowest BCUT2D eigenvalue weighted by atomic mass is 10.1. The summed E-state index contributed by atoms with van der Waals surface area (Å²) in [7, 11) is 1.28. The third-order valence-electron chi connectivity index (χ3n) is 2.37. The summed E-state index contributed by atoms with van der Waals surface area (Å²) in [5.74, 6) is 1.60. The molecule has 1 amide bonds. The maximum atomic E-state index is 11.6. The molecule has 0 saturated heterocycles. The highest BCUT2D eigenvalue weighted by Crippen LogP contribution is 2.14. The van der Waals surface area contributed by atoms with Crippen LogP contribution in [0.25, 0.3) is 0 Å². The number of rotatable bonds is 5. The molecular weight excluding hydrogens is 230 g/mol. The highest BCUT2D eigenvalue weighted by atomic mass is 16.5. The second-order valence-corrected chi connectivity index (χ2v) is 3.64. The van der Waals surface area contributed by atoms with Crippen LogP contribution in [0.15, 0.2) is 30.3 Å². The van der Waals surface area contributed by atoms with E-state index in [1.165, 1.54) is 7.11 Å². The first kappa shape index (κ1) is 13.8. The number of hydrogen-bond donors (Lipinski definition) is 1. The van der Waals surface area contributed by atoms with E-state index in [4.69, 9.17) is 6.42 Å². The molecule has 1 aromatic carbocycles. The van der Waals surface area contributed by atoms with E-state index in [1.807, 2.05) is 6.07 Å². The number of esters is 1. The van der Waals surface area contributed by atoms with Crippen LogP contribution in [-0.2, 0) is 14.3 Å². The highest BCUT2D eigenvalue weighted by Gasteiger charge is 2.22. The smallest absolute Gasteiger partial charge is 0.333 e. The van der Waals surface area contributed by atoms with Gasteiger partial charge in [-0.1, -0.05) is 30.3 Å². The van der Waals surface area contributed by atoms with E-state index in [9.17, 15) is 9.59 Å². The molecule has 0 spiro atoms. The average molecular weight is 245 g/mol. The Hall–Kier alpha value is -2.28. The molecular formula is C14H15NO3. The van der Waals surface area contributed by atoms with E-state index in [0.717, 1.165) is 0 Å². The molecule has 0 aromatic heterocycles. The van der Waals surface area contributed by atoms with Crippen LogP contribution in [0.1, 0.15) is 24.4 Å². The van der Waals surface area contributed by atoms with Gasteiger partial charge in [-0.05, 0) is 5.56 Å². The molecule has 0 aliphatic carbocycles. The number of amides is 1. The van der Waals surface area contributed by atoms with Crippen LogP contribution < -0.4 is 5.32 Å². The van der Waals surface area contributed by atoms with Gasteiger partial charge < -0.3 is 10.1 Å². The zero-order chi connectivity index (χ0) is 13.4. The van der Waals surface area contributed by atoms with E-state index >= 15 is 0 Å². The predicted molar refractivity (Wildman–Crippen MR) is 67.4 cm³/mol. The van der Waals surface area contributed by atoms with Gasteiger partial charge >= 0.3 is 5.97 Å². The monoisotopic (exact) mass is 245 g/mol. The van der Waals surface area contributed by atoms with Gasteiger partial charge in [-0.15, -0.1) is 12.3 Å². The predicted octanol–water partition coefficient (Wildman–Crippen LogP) is 1.43. The third kappa shape index (κ3) is 3.95. The Bertz CT molecular complexity index is 448. The largest absolute Gasteiger partial charge is 0.467 e. The van der Waals surface area contributed by atoms with Crippen molar-refractivity contribution in [3.8, 4) is 12.3 Å². The molecule has 94 valence electrons. The SMILES string of the molecule is C#CCCC(=O)N[C@@H](C(=O)OC)c1ccccc1. The fourth-order valence-corrected chi connectivity index (χ4v) is 1.46. The quantitative estimate of drug-likeness (QED) is 0.630. The molecule has 4 heteroatoms. The maximum Gasteiger partial charge on any atom is 0.333 e. The first-order valence-electron chi connectivity index (χ1n) is 5.54. The van der Waals surface area contributed by atoms with Crippen LogP contribution in [0, 0.1) is 12.3 Å². The lowest BCUT2D eigenvalue weighted by Crippen LogP contribution is -2.34. The summed E-state index contributed by atoms with van der Waals surface area (Å²) < 4.78 is 4.68. The van der Waals surface area contributed by atoms with Crippen molar-refractivity contribution in [3.05, 3.63) is 35.9 Å². The summed E-state index contributed by atoms with van der Waals surface area (Å²) in [4.78, 5) is 23.2. The van der Waals surface area contributed by atoms with E-state index in [1.54, 1.807) is 24.3 Å². The topological polar surface area (TPSA) is 55.4 Å². The Morgan fingerprint density at radius 2 is 2.06 bits per heavy atom. The van der Waals surface area contributed by atoms with E-state index in [-0.39, 0.29) is 12.3 Å². The molecule has 0 unspecified atom stereocenters. The number of carbonyl (C=O) groups is 2. The number of carbonyl (C=O) groups excluding carboxylic acids is 2. The van der Waals surface area contributed by atoms with Gasteiger partial charge in [0.15, 0.2) is 6.04 Å². The summed E-state index contributed by atoms with van der Waals surface area (Å²) in [5, 5.41) is 2.61. The van der Waals surface area contributed by atoms with Crippen molar-refractivity contribution in [2.75, 3.05) is 7.11 Å². The first-order valence-corrected chi connectivity index (χ1v) is 5.54. The van der Waals surface area contributed by atoms with Gasteiger partial charge in [-0.3, -0.25) is 4.79 Å². The Morgan fingerprint density at radius 1 is 1.39 bits per heavy atom. The van der Waals surface area contributed by atoms with Crippen molar-refractivity contribution < 1.29 is 14.3 Å². The van der Waals surface area contributed by atoms with Gasteiger partial charge in [0.05, 0.1) is 7.11 Å². The molecule has 18 heavy (non-hydrogen) atoms. The van der Waals surface area contributed by atoms with Crippen molar-refractivity contribution >= 4 is 11.9 Å². The Labute approximate surface area is 106 Å². The molecule has 1 atom stereocenters. The van der Waals surface area contributed by atoms with Gasteiger partial charge in [-0.25, -0.2) is 4.79 Å². The van der Waals surface area contributed by atoms with Crippen molar-refractivity contribution in [1.82, 2.24) is 5.32 Å². The molecule has 0 saturated carbocycles. The molecule has 1 N–H and O–H groups in total. The number of ether oxygens (including phenoxy) is 1. The Morgan fingerprint density at radius 3 is 2.61 bits per heavy atom. The summed E-state index contributed by atoms with van der Waals surface area (Å²) >= 11 is 0. The average Bonchev–Trinajstić information content (AvgIpc) is 2.42. The fraction of sp³-hybridized carbons (Fsp3) is 0.286. The molecule has 0 bridgehead atoms. The number of methoxy groups -OCH3 is 1. The molecule has 1 aromatic rings. The summed E-state index contributed by atoms with van der Waals surface area (Å²) in [6.45, 7) is 0. The van der Waals surface area contributed by atoms with Crippen LogP contribution in [0.5, 0.6) is 0 Å². The summed E-state index contributed by atoms with van der Waals surface area (Å²) in [6.07, 6.45) is 5.62. The van der Waals surface area contributed by atoms with Crippen molar-refractivity contribution in [3.63, 3.8) is 0 Å². The molecule has 0 aliphatic heterocycles. The Kier molecular flexibility index (Phi) is 5.46. The van der Waals surface area contributed by atoms with E-state index < -0.39 is 12.0 Å². The van der Waals surface area contributed by atoms with Crippen molar-refractivity contribution in [2.45, 2.75) is 18.9 Å². The molecule has 0 heterocycles. The maximum absolute atomic E-state index is 11.6. The van der Waals surface area contributed by atoms with Gasteiger partial charge in [0.2, 0.25) is 5.91 Å². The van der Waals surface area contributed by atoms with Crippen LogP contribution in [0.3, 0.4) is 0 Å². The minimum Gasteiger partial charge on any atom is -0.467 e. The second-order valence-electron chi connectivity index (χ2n) is 3.64. The first-order chi connectivity index (χ1) is 8.69. The third-order valence-corrected chi connectivity index (χ3v) is 2.37. The summed E-state index contributed by atoms with van der Waals surface area (Å²) in [5.41, 5.74) is 0.679. The Balaban J connectivity index is 2.78. The fourth-order valence-electron chi connectivity index (χ4n) is 1.46. The highest BCUT2D eigenvalue weighted by molar-refractivity contribution is 5.85. The zero-order valence-electron chi connectivity index (χ0n) is 10.2. The van der Waals surface area contributed by atoms with E-state index in [2.05, 4.69) is 16.0 Å². The van der Waals surface area contributed by atoms with Gasteiger partial charge in [-0.2, -0.15) is 0 Å². The van der Waals surface area contributed by atoms with Crippen molar-refractivity contribution in [2.24, 2.45) is 0 Å². The second kappa shape index (κ2) is 7.13. The van der Waals surface area contributed by atoms with E-state index in [0.29, 0.717) is 12.0 Å². The van der Waals surface area contributed by atoms with Gasteiger partial charge in [0.1, 0.15) is 0 Å². The standard InChI is InChI=1S/C14H15NO3/c1-3-4-10-12(16)15-13(14(17)18-2)11-8-6-5-7-9-11/h1,5-9,13H,4,10H2,2H3,(H,15,16)/t13-/m1/s1. The minimum absolute atomic E-state index is 0.191. The molecule has 0 fully saturated rings. The lowest BCUT2D eigenvalue weighted by Gasteiger charge is -2.16. The molecule has 1 rings (SSSR count).